The van der Waals surface area contributed by atoms with Crippen LogP contribution in [0.5, 0.6) is 0 Å². The minimum absolute atomic E-state index is 0.00624. The van der Waals surface area contributed by atoms with Crippen molar-refractivity contribution in [2.24, 2.45) is 0 Å². The number of para-hydroxylation sites is 1. The second-order valence-corrected chi connectivity index (χ2v) is 8.44. The van der Waals surface area contributed by atoms with E-state index in [0.29, 0.717) is 29.7 Å². The van der Waals surface area contributed by atoms with Gasteiger partial charge in [0.2, 0.25) is 18.0 Å². The summed E-state index contributed by atoms with van der Waals surface area (Å²) in [5.41, 5.74) is 1.20. The maximum Gasteiger partial charge on any atom is 0.337 e. The molecule has 0 spiro atoms. The summed E-state index contributed by atoms with van der Waals surface area (Å²) < 4.78 is 12.4. The Hall–Kier alpha value is -4.66. The number of benzene rings is 2. The third-order valence-corrected chi connectivity index (χ3v) is 6.24. The van der Waals surface area contributed by atoms with Gasteiger partial charge in [0.25, 0.3) is 0 Å². The normalized spacial score (nSPS) is 15.6. The fourth-order valence-electron chi connectivity index (χ4n) is 4.48. The number of fused-ring (bicyclic) bond motifs is 1. The third kappa shape index (κ3) is 4.15. The Bertz CT molecular complexity index is 1430. The molecule has 0 saturated carbocycles. The summed E-state index contributed by atoms with van der Waals surface area (Å²) in [6.07, 6.45) is 6.00. The van der Waals surface area contributed by atoms with Crippen molar-refractivity contribution in [1.82, 2.24) is 9.88 Å². The molecule has 182 valence electrons. The van der Waals surface area contributed by atoms with Gasteiger partial charge in [-0.25, -0.2) is 9.36 Å². The molecule has 9 heteroatoms. The van der Waals surface area contributed by atoms with Crippen molar-refractivity contribution in [3.05, 3.63) is 102 Å². The first-order chi connectivity index (χ1) is 17.5. The van der Waals surface area contributed by atoms with Gasteiger partial charge in [-0.15, -0.1) is 0 Å². The van der Waals surface area contributed by atoms with Gasteiger partial charge in [-0.05, 0) is 35.6 Å². The van der Waals surface area contributed by atoms with E-state index in [1.807, 2.05) is 16.8 Å². The average Bonchev–Trinajstić information content (AvgIpc) is 3.63. The molecule has 1 aliphatic heterocycles. The lowest BCUT2D eigenvalue weighted by atomic mass is 9.94. The van der Waals surface area contributed by atoms with Crippen LogP contribution in [0.2, 0.25) is 0 Å². The number of ketones is 1. The molecule has 1 atom stereocenters. The summed E-state index contributed by atoms with van der Waals surface area (Å²) in [7, 11) is 1.28. The number of hydrogen-bond acceptors (Lipinski definition) is 6. The molecule has 1 N–H and O–H groups in total. The lowest BCUT2D eigenvalue weighted by molar-refractivity contribution is -0.695. The summed E-state index contributed by atoms with van der Waals surface area (Å²) in [5, 5.41) is 13.9. The molecule has 36 heavy (non-hydrogen) atoms. The van der Waals surface area contributed by atoms with Gasteiger partial charge < -0.3 is 19.2 Å². The monoisotopic (exact) mass is 485 g/mol. The van der Waals surface area contributed by atoms with Gasteiger partial charge in [-0.1, -0.05) is 30.3 Å². The number of ether oxygens (including phenoxy) is 1. The number of hydrogen-bond donors (Lipinski definition) is 1. The number of H-pyrrole nitrogens is 1. The molecule has 0 radical (unpaired) electrons. The summed E-state index contributed by atoms with van der Waals surface area (Å²) in [5.74, 6) is -2.74. The summed E-state index contributed by atoms with van der Waals surface area (Å²) >= 11 is 0. The zero-order chi connectivity index (χ0) is 25.2. The van der Waals surface area contributed by atoms with E-state index in [2.05, 4.69) is 4.98 Å². The average molecular weight is 485 g/mol. The van der Waals surface area contributed by atoms with Gasteiger partial charge in [0.1, 0.15) is 18.0 Å². The van der Waals surface area contributed by atoms with Crippen LogP contribution in [0.25, 0.3) is 11.0 Å². The Kier molecular flexibility index (Phi) is 6.12. The number of methoxy groups -OCH3 is 1. The van der Waals surface area contributed by atoms with Gasteiger partial charge in [0.05, 0.1) is 25.3 Å². The Morgan fingerprint density at radius 3 is 2.64 bits per heavy atom. The second kappa shape index (κ2) is 9.53. The number of aromatic nitrogens is 2. The quantitative estimate of drug-likeness (QED) is 0.232. The molecule has 3 heterocycles. The van der Waals surface area contributed by atoms with Crippen LogP contribution >= 0.6 is 0 Å². The van der Waals surface area contributed by atoms with Crippen molar-refractivity contribution < 1.29 is 33.2 Å². The number of rotatable bonds is 8. The number of carbonyl (C=O) groups is 3. The molecule has 1 unspecified atom stereocenters. The molecule has 9 nitrogen and oxygen atoms in total. The molecule has 0 aliphatic carbocycles. The first-order valence-electron chi connectivity index (χ1n) is 11.4. The van der Waals surface area contributed by atoms with Crippen molar-refractivity contribution in [3.63, 3.8) is 0 Å². The van der Waals surface area contributed by atoms with Gasteiger partial charge in [-0.2, -0.15) is 0 Å². The van der Waals surface area contributed by atoms with Crippen LogP contribution in [0.3, 0.4) is 0 Å². The molecule has 0 saturated heterocycles. The van der Waals surface area contributed by atoms with E-state index in [0.717, 1.165) is 5.39 Å². The lowest BCUT2D eigenvalue weighted by Crippen LogP contribution is -2.37. The van der Waals surface area contributed by atoms with E-state index in [9.17, 15) is 19.5 Å². The second-order valence-electron chi connectivity index (χ2n) is 8.44. The molecule has 0 bridgehead atoms. The third-order valence-electron chi connectivity index (χ3n) is 6.24. The maximum atomic E-state index is 13.6. The zero-order valence-corrected chi connectivity index (χ0v) is 19.5. The topological polar surface area (TPSA) is 120 Å². The van der Waals surface area contributed by atoms with Crippen LogP contribution in [0.1, 0.15) is 38.9 Å². The van der Waals surface area contributed by atoms with E-state index in [1.54, 1.807) is 61.1 Å². The van der Waals surface area contributed by atoms with E-state index < -0.39 is 29.5 Å². The lowest BCUT2D eigenvalue weighted by Gasteiger charge is -2.27. The molecule has 2 aromatic carbocycles. The standard InChI is InChI=1S/C27H23N3O6/c1-35-27(34)18-9-7-17(8-10-18)23-22(24(31)21-15-19-5-2-3-6-20(19)36-21)25(32)26(33)30(23)13-4-12-29-14-11-28-16-29/h2-3,5-11,14-16,23H,4,12-13H2,1H3,(H,31,32). The van der Waals surface area contributed by atoms with Crippen molar-refractivity contribution in [3.8, 4) is 0 Å². The first-order valence-corrected chi connectivity index (χ1v) is 11.4. The number of furan rings is 1. The van der Waals surface area contributed by atoms with Crippen LogP contribution in [0.4, 0.5) is 0 Å². The minimum atomic E-state index is -0.909. The van der Waals surface area contributed by atoms with Crippen LogP contribution in [0, 0.1) is 0 Å². The molecular weight excluding hydrogens is 462 g/mol. The largest absolute Gasteiger partial charge is 0.868 e. The zero-order valence-electron chi connectivity index (χ0n) is 19.5. The van der Waals surface area contributed by atoms with Gasteiger partial charge in [-0.3, -0.25) is 14.6 Å². The van der Waals surface area contributed by atoms with Crippen LogP contribution in [-0.2, 0) is 16.1 Å². The summed E-state index contributed by atoms with van der Waals surface area (Å²) in [4.78, 5) is 42.9. The fraction of sp³-hybridized carbons (Fsp3) is 0.185. The van der Waals surface area contributed by atoms with Crippen molar-refractivity contribution >= 4 is 28.6 Å². The highest BCUT2D eigenvalue weighted by atomic mass is 16.5. The smallest absolute Gasteiger partial charge is 0.337 e. The molecule has 2 aromatic heterocycles. The number of Topliss-reactive ketones (excluding diaryl/α,β-unsaturated/α-hetero) is 1. The summed E-state index contributed by atoms with van der Waals surface area (Å²) in [6, 6.07) is 14.1. The number of aromatic amines is 1. The van der Waals surface area contributed by atoms with Crippen molar-refractivity contribution in [1.29, 1.82) is 0 Å². The number of nitrogens with zero attached hydrogens (tertiary/aromatic N) is 2. The number of esters is 1. The fourth-order valence-corrected chi connectivity index (χ4v) is 4.48. The highest BCUT2D eigenvalue weighted by Crippen LogP contribution is 2.39. The molecule has 0 fully saturated rings. The van der Waals surface area contributed by atoms with Gasteiger partial charge in [0, 0.05) is 23.9 Å². The van der Waals surface area contributed by atoms with Crippen molar-refractivity contribution in [2.45, 2.75) is 19.0 Å². The summed E-state index contributed by atoms with van der Waals surface area (Å²) in [6.45, 7) is 0.866. The number of imidazole rings is 1. The molecule has 5 rings (SSSR count). The molecule has 4 aromatic rings. The molecule has 1 aliphatic rings. The Morgan fingerprint density at radius 2 is 1.94 bits per heavy atom. The van der Waals surface area contributed by atoms with E-state index in [1.165, 1.54) is 12.0 Å². The predicted octanol–water partition coefficient (Wildman–Crippen LogP) is 2.31. The van der Waals surface area contributed by atoms with Crippen LogP contribution in [-0.4, -0.2) is 41.2 Å². The van der Waals surface area contributed by atoms with Gasteiger partial charge >= 0.3 is 5.97 Å². The Labute approximate surface area is 206 Å². The Morgan fingerprint density at radius 1 is 1.17 bits per heavy atom. The minimum Gasteiger partial charge on any atom is -0.868 e. The molecular formula is C27H23N3O6. The predicted molar refractivity (Wildman–Crippen MR) is 125 cm³/mol. The number of aryl methyl sites for hydroxylation is 1. The van der Waals surface area contributed by atoms with E-state index >= 15 is 0 Å². The highest BCUT2D eigenvalue weighted by Gasteiger charge is 2.40. The number of carbonyl (C=O) groups excluding carboxylic acids is 3. The first kappa shape index (κ1) is 23.1. The SMILES string of the molecule is COC(=O)c1ccc(C2C(C(=O)c3cc4ccccc4o3)=C([O-])C(=O)N2CCC[n+]2cc[nH]c2)cc1. The maximum absolute atomic E-state index is 13.6. The van der Waals surface area contributed by atoms with E-state index in [4.69, 9.17) is 9.15 Å². The van der Waals surface area contributed by atoms with E-state index in [-0.39, 0.29) is 17.9 Å². The van der Waals surface area contributed by atoms with Crippen molar-refractivity contribution in [2.75, 3.05) is 13.7 Å². The van der Waals surface area contributed by atoms with Crippen LogP contribution in [0.15, 0.2) is 89.1 Å². The van der Waals surface area contributed by atoms with Gasteiger partial charge in [0.15, 0.2) is 5.76 Å². The number of amides is 1. The molecule has 1 amide bonds. The Balaban J connectivity index is 1.50. The number of nitrogens with one attached hydrogen (secondary N) is 1. The van der Waals surface area contributed by atoms with Crippen LogP contribution < -0.4 is 9.67 Å². The highest BCUT2D eigenvalue weighted by molar-refractivity contribution is 6.15.